The van der Waals surface area contributed by atoms with E-state index >= 15 is 0 Å². The summed E-state index contributed by atoms with van der Waals surface area (Å²) in [6, 6.07) is 0. The molecule has 0 bridgehead atoms. The van der Waals surface area contributed by atoms with Crippen molar-refractivity contribution in [1.29, 1.82) is 0 Å². The van der Waals surface area contributed by atoms with Crippen LogP contribution in [0.5, 0.6) is 0 Å². The third kappa shape index (κ3) is 123. The minimum Gasteiger partial charge on any atom is -0.358 e. The molecule has 0 aliphatic carbocycles. The minimum absolute atomic E-state index is 0. The van der Waals surface area contributed by atoms with Crippen LogP contribution in [0.1, 0.15) is 0 Å². The number of rotatable bonds is 0. The van der Waals surface area contributed by atoms with Crippen molar-refractivity contribution in [1.82, 2.24) is 0 Å². The first kappa shape index (κ1) is 15.7. The van der Waals surface area contributed by atoms with E-state index in [1.54, 1.807) is 0 Å². The molecule has 0 aromatic rings. The van der Waals surface area contributed by atoms with Crippen LogP contribution in [0.3, 0.4) is 0 Å². The summed E-state index contributed by atoms with van der Waals surface area (Å²) >= 11 is 3.47. The van der Waals surface area contributed by atoms with Gasteiger partial charge in [-0.15, -0.1) is 0 Å². The van der Waals surface area contributed by atoms with Gasteiger partial charge in [0.15, 0.2) is 0 Å². The summed E-state index contributed by atoms with van der Waals surface area (Å²) in [5, 5.41) is 0. The second kappa shape index (κ2) is 5.43. The van der Waals surface area contributed by atoms with E-state index in [1.807, 2.05) is 0 Å². The third-order valence-electron chi connectivity index (χ3n) is 0. The van der Waals surface area contributed by atoms with Crippen LogP contribution in [0.4, 0.5) is 0 Å². The second-order valence-corrected chi connectivity index (χ2v) is 2.65. The van der Waals surface area contributed by atoms with E-state index in [4.69, 9.17) is 13.3 Å². The van der Waals surface area contributed by atoms with Crippen LogP contribution in [0, 0.1) is 7.43 Å². The van der Waals surface area contributed by atoms with Gasteiger partial charge in [-0.05, 0) is 0 Å². The Hall–Kier alpha value is 1.29. The van der Waals surface area contributed by atoms with Crippen LogP contribution in [0.15, 0.2) is 0 Å². The van der Waals surface area contributed by atoms with Gasteiger partial charge in [0.1, 0.15) is 0 Å². The molecule has 2 N–H and O–H groups in total. The van der Waals surface area contributed by atoms with E-state index in [0.717, 1.165) is 0 Å². The molecule has 7 heavy (non-hydrogen) atoms. The summed E-state index contributed by atoms with van der Waals surface area (Å²) < 4.78 is 24.0. The normalized spacial score (nSPS) is 8.29. The molecule has 0 aromatic heterocycles. The molecule has 0 aliphatic heterocycles. The van der Waals surface area contributed by atoms with Crippen LogP contribution < -0.4 is 29.6 Å². The quantitative estimate of drug-likeness (QED) is 0.289. The summed E-state index contributed by atoms with van der Waals surface area (Å²) in [4.78, 5) is 0. The van der Waals surface area contributed by atoms with Gasteiger partial charge in [0.2, 0.25) is 0 Å². The number of hydrogen-bond acceptors (Lipinski definition) is 2. The average molecular weight is 152 g/mol. The predicted molar refractivity (Wildman–Crippen MR) is 27.2 cm³/mol. The van der Waals surface area contributed by atoms with Crippen molar-refractivity contribution in [3.63, 3.8) is 0 Å². The van der Waals surface area contributed by atoms with E-state index in [2.05, 4.69) is 11.2 Å². The van der Waals surface area contributed by atoms with Crippen molar-refractivity contribution in [3.05, 3.63) is 7.43 Å². The monoisotopic (exact) mass is 152 g/mol. The van der Waals surface area contributed by atoms with E-state index in [1.165, 1.54) is 0 Å². The van der Waals surface area contributed by atoms with E-state index < -0.39 is 9.05 Å². The fourth-order valence-electron chi connectivity index (χ4n) is 0. The summed E-state index contributed by atoms with van der Waals surface area (Å²) in [7, 11) is -3.83. The molecule has 0 fully saturated rings. The van der Waals surface area contributed by atoms with Crippen LogP contribution in [0.25, 0.3) is 0 Å². The molecule has 6 heteroatoms. The van der Waals surface area contributed by atoms with Gasteiger partial charge >= 0.3 is 29.6 Å². The van der Waals surface area contributed by atoms with Gasteiger partial charge in [0.25, 0.3) is 9.05 Å². The minimum atomic E-state index is -3.83. The van der Waals surface area contributed by atoms with E-state index in [0.29, 0.717) is 0 Å². The summed E-state index contributed by atoms with van der Waals surface area (Å²) in [5.74, 6) is 0. The largest absolute Gasteiger partial charge is 1.00 e. The molecule has 3 nitrogen and oxygen atoms in total. The zero-order chi connectivity index (χ0) is 4.50. The molecule has 0 heterocycles. The molecule has 0 unspecified atom stereocenters. The van der Waals surface area contributed by atoms with Crippen molar-refractivity contribution in [3.8, 4) is 0 Å². The number of hydrogen-bond donors (Lipinski definition) is 2. The first-order valence-electron chi connectivity index (χ1n) is 0.698. The molecule has 40 valence electrons. The van der Waals surface area contributed by atoms with Crippen molar-refractivity contribution in [2.45, 2.75) is 0 Å². The zero-order valence-corrected chi connectivity index (χ0v) is 7.75. The van der Waals surface area contributed by atoms with Crippen LogP contribution in [0.2, 0.25) is 0 Å². The fraction of sp³-hybridized carbons (Fsp3) is 0. The van der Waals surface area contributed by atoms with E-state index in [-0.39, 0.29) is 37.0 Å². The summed E-state index contributed by atoms with van der Waals surface area (Å²) in [5.41, 5.74) is 0. The Balaban J connectivity index is -0.0000000800. The molecule has 0 radical (unpaired) electrons. The van der Waals surface area contributed by atoms with Crippen LogP contribution in [-0.4, -0.2) is 13.3 Å². The maximum absolute atomic E-state index is 9.11. The van der Waals surface area contributed by atoms with Gasteiger partial charge in [0.05, 0.1) is 0 Å². The molecule has 0 aromatic carbocycles. The first-order valence-corrected chi connectivity index (χ1v) is 3.10. The van der Waals surface area contributed by atoms with Gasteiger partial charge in [-0.3, -0.25) is 9.11 Å². The maximum Gasteiger partial charge on any atom is 1.00 e. The maximum atomic E-state index is 9.11. The van der Waals surface area contributed by atoms with E-state index in [9.17, 15) is 0 Å². The Morgan fingerprint density at radius 3 is 1.43 bits per heavy atom. The smallest absolute Gasteiger partial charge is 0.358 e. The van der Waals surface area contributed by atoms with Gasteiger partial charge in [-0.2, -0.15) is 4.21 Å². The standard InChI is InChI=1S/CH3.Na.H2O3S2/c;;1-5(2,3)4/h1H3;;(H2,1,2,3,4)/q-1;+1;. The van der Waals surface area contributed by atoms with Gasteiger partial charge in [-0.1, -0.05) is 0 Å². The Labute approximate surface area is 70.1 Å². The fourth-order valence-corrected chi connectivity index (χ4v) is 0. The third-order valence-corrected chi connectivity index (χ3v) is 0. The molecular formula is CH5NaO3S2. The molecule has 0 rings (SSSR count). The molecule has 0 spiro atoms. The Morgan fingerprint density at radius 1 is 1.43 bits per heavy atom. The molecule has 0 amide bonds. The van der Waals surface area contributed by atoms with Gasteiger partial charge in [-0.25, -0.2) is 0 Å². The molecule has 0 saturated carbocycles. The SMILES string of the molecule is O=S(O)(O)=S.[CH3-].[Na+]. The zero-order valence-electron chi connectivity index (χ0n) is 4.12. The second-order valence-electron chi connectivity index (χ2n) is 0.448. The van der Waals surface area contributed by atoms with Crippen molar-refractivity contribution < 1.29 is 42.9 Å². The molecule has 0 aliphatic rings. The average Bonchev–Trinajstić information content (AvgIpc) is 0.722. The van der Waals surface area contributed by atoms with Crippen LogP contribution in [-0.2, 0) is 20.2 Å². The topological polar surface area (TPSA) is 57.5 Å². The van der Waals surface area contributed by atoms with Crippen molar-refractivity contribution in [2.75, 3.05) is 0 Å². The molecule has 0 saturated heterocycles. The predicted octanol–water partition coefficient (Wildman–Crippen LogP) is -2.87. The van der Waals surface area contributed by atoms with Crippen molar-refractivity contribution in [2.24, 2.45) is 0 Å². The molecule has 0 atom stereocenters. The summed E-state index contributed by atoms with van der Waals surface area (Å²) in [6.07, 6.45) is 0. The molecular weight excluding hydrogens is 147 g/mol. The van der Waals surface area contributed by atoms with Crippen LogP contribution >= 0.6 is 0 Å². The first-order chi connectivity index (χ1) is 2.00. The van der Waals surface area contributed by atoms with Gasteiger partial charge < -0.3 is 7.43 Å². The van der Waals surface area contributed by atoms with Gasteiger partial charge in [0, 0.05) is 11.2 Å². The van der Waals surface area contributed by atoms with Crippen molar-refractivity contribution >= 4 is 20.2 Å². The Morgan fingerprint density at radius 2 is 1.43 bits per heavy atom. The Kier molecular flexibility index (Phi) is 12.2. The summed E-state index contributed by atoms with van der Waals surface area (Å²) in [6.45, 7) is 0. The Bertz CT molecular complexity index is 96.1.